The number of rotatable bonds is 4. The molecule has 92 valence electrons. The molecule has 0 spiro atoms. The Kier molecular flexibility index (Phi) is 4.20. The molecule has 0 aliphatic rings. The number of nitrogens with one attached hydrogen (secondary N) is 1. The maximum atomic E-state index is 11.8. The van der Waals surface area contributed by atoms with Gasteiger partial charge < -0.3 is 5.32 Å². The molecule has 1 aromatic rings. The zero-order chi connectivity index (χ0) is 13.0. The molecule has 0 heterocycles. The number of hydrogen-bond donors (Lipinski definition) is 1. The predicted octanol–water partition coefficient (Wildman–Crippen LogP) is 2.37. The lowest BCUT2D eigenvalue weighted by molar-refractivity contribution is -0.384. The van der Waals surface area contributed by atoms with Crippen molar-refractivity contribution in [1.29, 1.82) is 0 Å². The molecule has 5 nitrogen and oxygen atoms in total. The molecule has 1 atom stereocenters. The van der Waals surface area contributed by atoms with Gasteiger partial charge in [0, 0.05) is 23.7 Å². The molecule has 0 radical (unpaired) electrons. The van der Waals surface area contributed by atoms with Crippen molar-refractivity contribution in [2.24, 2.45) is 5.92 Å². The summed E-state index contributed by atoms with van der Waals surface area (Å²) in [7, 11) is 0. The highest BCUT2D eigenvalue weighted by molar-refractivity contribution is 5.94. The number of nitro benzene ring substituents is 1. The maximum Gasteiger partial charge on any atom is 0.269 e. The second-order valence-corrected chi connectivity index (χ2v) is 4.31. The quantitative estimate of drug-likeness (QED) is 0.644. The third-order valence-corrected chi connectivity index (χ3v) is 2.70. The first kappa shape index (κ1) is 13.2. The highest BCUT2D eigenvalue weighted by atomic mass is 16.6. The normalized spacial score (nSPS) is 12.2. The first-order chi connectivity index (χ1) is 7.91. The van der Waals surface area contributed by atoms with Crippen molar-refractivity contribution in [2.45, 2.75) is 26.8 Å². The van der Waals surface area contributed by atoms with Crippen LogP contribution in [0.15, 0.2) is 24.3 Å². The molecule has 0 aliphatic carbocycles. The van der Waals surface area contributed by atoms with Gasteiger partial charge in [-0.1, -0.05) is 13.8 Å². The van der Waals surface area contributed by atoms with Crippen LogP contribution >= 0.6 is 0 Å². The van der Waals surface area contributed by atoms with E-state index in [9.17, 15) is 14.9 Å². The van der Waals surface area contributed by atoms with E-state index < -0.39 is 4.92 Å². The van der Waals surface area contributed by atoms with Crippen LogP contribution < -0.4 is 5.32 Å². The Morgan fingerprint density at radius 2 is 1.76 bits per heavy atom. The van der Waals surface area contributed by atoms with Gasteiger partial charge in [0.05, 0.1) is 4.92 Å². The molecule has 1 rings (SSSR count). The van der Waals surface area contributed by atoms with Crippen molar-refractivity contribution in [3.05, 3.63) is 39.9 Å². The van der Waals surface area contributed by atoms with Gasteiger partial charge in [-0.3, -0.25) is 14.9 Å². The zero-order valence-electron chi connectivity index (χ0n) is 10.1. The van der Waals surface area contributed by atoms with E-state index in [1.807, 2.05) is 20.8 Å². The standard InChI is InChI=1S/C12H16N2O3/c1-8(2)9(3)13-12(15)10-4-6-11(7-5-10)14(16)17/h4-9H,1-3H3,(H,13,15)/t9-/m0/s1. The molecule has 0 aromatic heterocycles. The molecule has 5 heteroatoms. The molecule has 0 unspecified atom stereocenters. The highest BCUT2D eigenvalue weighted by Crippen LogP contribution is 2.12. The molecule has 1 aromatic carbocycles. The van der Waals surface area contributed by atoms with Crippen molar-refractivity contribution in [2.75, 3.05) is 0 Å². The second-order valence-electron chi connectivity index (χ2n) is 4.31. The molecule has 17 heavy (non-hydrogen) atoms. The summed E-state index contributed by atoms with van der Waals surface area (Å²) in [4.78, 5) is 21.7. The van der Waals surface area contributed by atoms with Gasteiger partial charge in [0.25, 0.3) is 11.6 Å². The van der Waals surface area contributed by atoms with E-state index in [2.05, 4.69) is 5.32 Å². The summed E-state index contributed by atoms with van der Waals surface area (Å²) in [6.07, 6.45) is 0. The number of benzene rings is 1. The van der Waals surface area contributed by atoms with E-state index in [-0.39, 0.29) is 17.6 Å². The Hall–Kier alpha value is -1.91. The van der Waals surface area contributed by atoms with Gasteiger partial charge in [-0.2, -0.15) is 0 Å². The van der Waals surface area contributed by atoms with E-state index in [0.717, 1.165) is 0 Å². The van der Waals surface area contributed by atoms with Crippen LogP contribution in [0.2, 0.25) is 0 Å². The molecular weight excluding hydrogens is 220 g/mol. The number of nitrogens with zero attached hydrogens (tertiary/aromatic N) is 1. The van der Waals surface area contributed by atoms with Gasteiger partial charge in [0.1, 0.15) is 0 Å². The van der Waals surface area contributed by atoms with Gasteiger partial charge in [-0.05, 0) is 25.0 Å². The Bertz CT molecular complexity index is 412. The molecule has 0 saturated carbocycles. The zero-order valence-corrected chi connectivity index (χ0v) is 10.1. The minimum Gasteiger partial charge on any atom is -0.349 e. The van der Waals surface area contributed by atoms with Gasteiger partial charge in [-0.15, -0.1) is 0 Å². The van der Waals surface area contributed by atoms with Crippen LogP contribution in [-0.4, -0.2) is 16.9 Å². The molecular formula is C12H16N2O3. The highest BCUT2D eigenvalue weighted by Gasteiger charge is 2.13. The van der Waals surface area contributed by atoms with Crippen molar-refractivity contribution in [1.82, 2.24) is 5.32 Å². The van der Waals surface area contributed by atoms with Gasteiger partial charge >= 0.3 is 0 Å². The number of carbonyl (C=O) groups is 1. The number of carbonyl (C=O) groups excluding carboxylic acids is 1. The predicted molar refractivity (Wildman–Crippen MR) is 64.9 cm³/mol. The number of hydrogen-bond acceptors (Lipinski definition) is 3. The molecule has 1 N–H and O–H groups in total. The van der Waals surface area contributed by atoms with Crippen LogP contribution in [0.3, 0.4) is 0 Å². The van der Waals surface area contributed by atoms with Crippen molar-refractivity contribution in [3.63, 3.8) is 0 Å². The topological polar surface area (TPSA) is 72.2 Å². The Morgan fingerprint density at radius 1 is 1.24 bits per heavy atom. The smallest absolute Gasteiger partial charge is 0.269 e. The summed E-state index contributed by atoms with van der Waals surface area (Å²) < 4.78 is 0. The Balaban J connectivity index is 2.73. The number of amides is 1. The van der Waals surface area contributed by atoms with E-state index in [4.69, 9.17) is 0 Å². The maximum absolute atomic E-state index is 11.8. The molecule has 0 bridgehead atoms. The average molecular weight is 236 g/mol. The third-order valence-electron chi connectivity index (χ3n) is 2.70. The Morgan fingerprint density at radius 3 is 2.18 bits per heavy atom. The van der Waals surface area contributed by atoms with Crippen LogP contribution in [0, 0.1) is 16.0 Å². The van der Waals surface area contributed by atoms with E-state index in [0.29, 0.717) is 11.5 Å². The van der Waals surface area contributed by atoms with Crippen LogP contribution in [0.5, 0.6) is 0 Å². The lowest BCUT2D eigenvalue weighted by atomic mass is 10.1. The van der Waals surface area contributed by atoms with E-state index in [1.165, 1.54) is 24.3 Å². The molecule has 0 fully saturated rings. The summed E-state index contributed by atoms with van der Waals surface area (Å²) in [5.41, 5.74) is 0.418. The minimum atomic E-state index is -0.488. The summed E-state index contributed by atoms with van der Waals surface area (Å²) in [6.45, 7) is 5.95. The van der Waals surface area contributed by atoms with Gasteiger partial charge in [-0.25, -0.2) is 0 Å². The summed E-state index contributed by atoms with van der Waals surface area (Å²) in [5.74, 6) is 0.137. The average Bonchev–Trinajstić information content (AvgIpc) is 2.28. The molecule has 0 saturated heterocycles. The fourth-order valence-corrected chi connectivity index (χ4v) is 1.19. The first-order valence-corrected chi connectivity index (χ1v) is 5.47. The van der Waals surface area contributed by atoms with Crippen molar-refractivity contribution >= 4 is 11.6 Å². The van der Waals surface area contributed by atoms with Gasteiger partial charge in [0.2, 0.25) is 0 Å². The fourth-order valence-electron chi connectivity index (χ4n) is 1.19. The van der Waals surface area contributed by atoms with E-state index in [1.54, 1.807) is 0 Å². The number of non-ortho nitro benzene ring substituents is 1. The summed E-state index contributed by atoms with van der Waals surface area (Å²) in [6, 6.07) is 5.64. The lowest BCUT2D eigenvalue weighted by Crippen LogP contribution is -2.36. The summed E-state index contributed by atoms with van der Waals surface area (Å²) >= 11 is 0. The van der Waals surface area contributed by atoms with Gasteiger partial charge in [0.15, 0.2) is 0 Å². The van der Waals surface area contributed by atoms with E-state index >= 15 is 0 Å². The minimum absolute atomic E-state index is 0.0153. The van der Waals surface area contributed by atoms with Crippen molar-refractivity contribution in [3.8, 4) is 0 Å². The first-order valence-electron chi connectivity index (χ1n) is 5.47. The second kappa shape index (κ2) is 5.43. The molecule has 1 amide bonds. The van der Waals surface area contributed by atoms with Crippen LogP contribution in [0.1, 0.15) is 31.1 Å². The Labute approximate surface area is 100.0 Å². The summed E-state index contributed by atoms with van der Waals surface area (Å²) in [5, 5.41) is 13.3. The monoisotopic (exact) mass is 236 g/mol. The van der Waals surface area contributed by atoms with Crippen LogP contribution in [0.4, 0.5) is 5.69 Å². The fraction of sp³-hybridized carbons (Fsp3) is 0.417. The number of nitro groups is 1. The van der Waals surface area contributed by atoms with Crippen LogP contribution in [-0.2, 0) is 0 Å². The lowest BCUT2D eigenvalue weighted by Gasteiger charge is -2.17. The largest absolute Gasteiger partial charge is 0.349 e. The third kappa shape index (κ3) is 3.55. The SMILES string of the molecule is CC(C)[C@H](C)NC(=O)c1ccc([N+](=O)[O-])cc1. The van der Waals surface area contributed by atoms with Crippen molar-refractivity contribution < 1.29 is 9.72 Å². The molecule has 0 aliphatic heterocycles. The van der Waals surface area contributed by atoms with Crippen LogP contribution in [0.25, 0.3) is 0 Å².